The van der Waals surface area contributed by atoms with Gasteiger partial charge in [-0.1, -0.05) is 0 Å². The Balaban J connectivity index is 1.82. The van der Waals surface area contributed by atoms with E-state index in [2.05, 4.69) is 10.6 Å². The Labute approximate surface area is 112 Å². The molecule has 0 radical (unpaired) electrons. The molecule has 0 aromatic heterocycles. The average molecular weight is 262 g/mol. The number of rotatable bonds is 6. The van der Waals surface area contributed by atoms with Crippen molar-refractivity contribution in [2.75, 3.05) is 18.9 Å². The number of carbonyl (C=O) groups excluding carboxylic acids is 1. The highest BCUT2D eigenvalue weighted by Gasteiger charge is 2.14. The summed E-state index contributed by atoms with van der Waals surface area (Å²) in [6, 6.07) is 7.44. The number of anilines is 1. The topological polar surface area (TPSA) is 59.6 Å². The Morgan fingerprint density at radius 1 is 1.21 bits per heavy atom. The Morgan fingerprint density at radius 3 is 2.53 bits per heavy atom. The zero-order chi connectivity index (χ0) is 13.5. The number of amides is 1. The predicted octanol–water partition coefficient (Wildman–Crippen LogP) is 2.14. The van der Waals surface area contributed by atoms with E-state index < -0.39 is 0 Å². The summed E-state index contributed by atoms with van der Waals surface area (Å²) in [5.41, 5.74) is 1.70. The van der Waals surface area contributed by atoms with Gasteiger partial charge in [0.25, 0.3) is 6.29 Å². The second kappa shape index (κ2) is 6.80. The molecule has 1 aromatic carbocycles. The van der Waals surface area contributed by atoms with Gasteiger partial charge in [0.15, 0.2) is 0 Å². The van der Waals surface area contributed by atoms with E-state index in [0.29, 0.717) is 6.42 Å². The molecule has 0 bridgehead atoms. The van der Waals surface area contributed by atoms with Crippen molar-refractivity contribution in [3.8, 4) is 0 Å². The van der Waals surface area contributed by atoms with Crippen LogP contribution in [0.25, 0.3) is 0 Å². The molecule has 1 amide bonds. The van der Waals surface area contributed by atoms with E-state index in [1.165, 1.54) is 12.5 Å². The maximum Gasteiger partial charge on any atom is 0.266 e. The van der Waals surface area contributed by atoms with E-state index in [0.717, 1.165) is 24.2 Å². The molecule has 19 heavy (non-hydrogen) atoms. The lowest BCUT2D eigenvalue weighted by atomic mass is 10.2. The minimum Gasteiger partial charge on any atom is -0.455 e. The van der Waals surface area contributed by atoms with Gasteiger partial charge in [-0.3, -0.25) is 4.79 Å². The molecule has 1 aliphatic heterocycles. The SMILES string of the molecule is CNCCCC(=O)Nc1ccc(C2OC=CO2)cc1. The van der Waals surface area contributed by atoms with Crippen LogP contribution in [-0.4, -0.2) is 19.5 Å². The minimum atomic E-state index is -0.375. The van der Waals surface area contributed by atoms with Gasteiger partial charge in [0.05, 0.1) is 0 Å². The quantitative estimate of drug-likeness (QED) is 0.771. The summed E-state index contributed by atoms with van der Waals surface area (Å²) in [5.74, 6) is 0.0260. The van der Waals surface area contributed by atoms with E-state index in [1.807, 2.05) is 31.3 Å². The standard InChI is InChI=1S/C14H18N2O3/c1-15-8-2-3-13(17)16-12-6-4-11(5-7-12)14-18-9-10-19-14/h4-7,9-10,14-15H,2-3,8H2,1H3,(H,16,17). The van der Waals surface area contributed by atoms with Crippen LogP contribution in [0.3, 0.4) is 0 Å². The Hall–Kier alpha value is -2.01. The number of benzene rings is 1. The highest BCUT2D eigenvalue weighted by Crippen LogP contribution is 2.24. The largest absolute Gasteiger partial charge is 0.455 e. The van der Waals surface area contributed by atoms with Gasteiger partial charge in [-0.15, -0.1) is 0 Å². The van der Waals surface area contributed by atoms with Gasteiger partial charge in [0.2, 0.25) is 5.91 Å². The van der Waals surface area contributed by atoms with Gasteiger partial charge < -0.3 is 20.1 Å². The maximum absolute atomic E-state index is 11.6. The van der Waals surface area contributed by atoms with Crippen molar-refractivity contribution in [2.45, 2.75) is 19.1 Å². The van der Waals surface area contributed by atoms with Gasteiger partial charge in [-0.05, 0) is 44.3 Å². The van der Waals surface area contributed by atoms with Gasteiger partial charge >= 0.3 is 0 Å². The highest BCUT2D eigenvalue weighted by atomic mass is 16.7. The molecule has 0 spiro atoms. The number of carbonyl (C=O) groups is 1. The first kappa shape index (κ1) is 13.4. The van der Waals surface area contributed by atoms with E-state index in [9.17, 15) is 4.79 Å². The molecule has 0 unspecified atom stereocenters. The zero-order valence-electron chi connectivity index (χ0n) is 10.9. The van der Waals surface area contributed by atoms with Crippen LogP contribution in [0.2, 0.25) is 0 Å². The van der Waals surface area contributed by atoms with Crippen molar-refractivity contribution < 1.29 is 14.3 Å². The Kier molecular flexibility index (Phi) is 4.80. The van der Waals surface area contributed by atoms with E-state index in [4.69, 9.17) is 9.47 Å². The van der Waals surface area contributed by atoms with Crippen molar-refractivity contribution in [1.82, 2.24) is 5.32 Å². The summed E-state index contributed by atoms with van der Waals surface area (Å²) in [4.78, 5) is 11.6. The van der Waals surface area contributed by atoms with E-state index in [1.54, 1.807) is 0 Å². The molecule has 0 saturated carbocycles. The fourth-order valence-electron chi connectivity index (χ4n) is 1.77. The number of nitrogens with one attached hydrogen (secondary N) is 2. The van der Waals surface area contributed by atoms with Gasteiger partial charge in [0.1, 0.15) is 12.5 Å². The second-order valence-electron chi connectivity index (χ2n) is 4.25. The fraction of sp³-hybridized carbons (Fsp3) is 0.357. The normalized spacial score (nSPS) is 13.9. The molecule has 0 fully saturated rings. The number of hydrogen-bond acceptors (Lipinski definition) is 4. The highest BCUT2D eigenvalue weighted by molar-refractivity contribution is 5.90. The van der Waals surface area contributed by atoms with Gasteiger partial charge in [-0.2, -0.15) is 0 Å². The van der Waals surface area contributed by atoms with Crippen LogP contribution < -0.4 is 10.6 Å². The van der Waals surface area contributed by atoms with Crippen LogP contribution in [-0.2, 0) is 14.3 Å². The first-order valence-corrected chi connectivity index (χ1v) is 6.30. The zero-order valence-corrected chi connectivity index (χ0v) is 10.9. The summed E-state index contributed by atoms with van der Waals surface area (Å²) in [6.07, 6.45) is 4.00. The lowest BCUT2D eigenvalue weighted by Gasteiger charge is -2.11. The van der Waals surface area contributed by atoms with Crippen LogP contribution in [0.15, 0.2) is 36.8 Å². The number of ether oxygens (including phenoxy) is 2. The van der Waals surface area contributed by atoms with Crippen molar-refractivity contribution >= 4 is 11.6 Å². The van der Waals surface area contributed by atoms with Crippen LogP contribution in [0.4, 0.5) is 5.69 Å². The maximum atomic E-state index is 11.6. The summed E-state index contributed by atoms with van der Waals surface area (Å²) in [7, 11) is 1.87. The third-order valence-electron chi connectivity index (χ3n) is 2.76. The molecule has 1 heterocycles. The van der Waals surface area contributed by atoms with Crippen molar-refractivity contribution in [2.24, 2.45) is 0 Å². The molecular formula is C14H18N2O3. The van der Waals surface area contributed by atoms with Crippen LogP contribution in [0, 0.1) is 0 Å². The molecular weight excluding hydrogens is 244 g/mol. The molecule has 1 aliphatic rings. The molecule has 0 aliphatic carbocycles. The first-order valence-electron chi connectivity index (χ1n) is 6.30. The Bertz CT molecular complexity index is 435. The predicted molar refractivity (Wildman–Crippen MR) is 72.3 cm³/mol. The summed E-state index contributed by atoms with van der Waals surface area (Å²) < 4.78 is 10.5. The third kappa shape index (κ3) is 3.99. The van der Waals surface area contributed by atoms with Gasteiger partial charge in [0, 0.05) is 17.7 Å². The first-order chi connectivity index (χ1) is 9.29. The molecule has 102 valence electrons. The van der Waals surface area contributed by atoms with Crippen LogP contribution in [0.5, 0.6) is 0 Å². The molecule has 2 rings (SSSR count). The second-order valence-corrected chi connectivity index (χ2v) is 4.25. The average Bonchev–Trinajstić information content (AvgIpc) is 2.94. The summed E-state index contributed by atoms with van der Waals surface area (Å²) in [5, 5.41) is 5.87. The Morgan fingerprint density at radius 2 is 1.89 bits per heavy atom. The van der Waals surface area contributed by atoms with E-state index >= 15 is 0 Å². The third-order valence-corrected chi connectivity index (χ3v) is 2.76. The fourth-order valence-corrected chi connectivity index (χ4v) is 1.77. The van der Waals surface area contributed by atoms with E-state index in [-0.39, 0.29) is 12.2 Å². The summed E-state index contributed by atoms with van der Waals surface area (Å²) in [6.45, 7) is 0.843. The molecule has 2 N–H and O–H groups in total. The molecule has 0 atom stereocenters. The summed E-state index contributed by atoms with van der Waals surface area (Å²) >= 11 is 0. The molecule has 5 heteroatoms. The lowest BCUT2D eigenvalue weighted by molar-refractivity contribution is -0.116. The molecule has 5 nitrogen and oxygen atoms in total. The molecule has 1 aromatic rings. The van der Waals surface area contributed by atoms with Crippen LogP contribution >= 0.6 is 0 Å². The smallest absolute Gasteiger partial charge is 0.266 e. The van der Waals surface area contributed by atoms with Gasteiger partial charge in [-0.25, -0.2) is 0 Å². The number of hydrogen-bond donors (Lipinski definition) is 2. The van der Waals surface area contributed by atoms with Crippen LogP contribution in [0.1, 0.15) is 24.7 Å². The lowest BCUT2D eigenvalue weighted by Crippen LogP contribution is -2.15. The molecule has 0 saturated heterocycles. The minimum absolute atomic E-state index is 0.0260. The van der Waals surface area contributed by atoms with Crippen molar-refractivity contribution in [3.63, 3.8) is 0 Å². The van der Waals surface area contributed by atoms with Crippen molar-refractivity contribution in [1.29, 1.82) is 0 Å². The van der Waals surface area contributed by atoms with Crippen molar-refractivity contribution in [3.05, 3.63) is 42.4 Å². The monoisotopic (exact) mass is 262 g/mol.